The van der Waals surface area contributed by atoms with Crippen LogP contribution in [-0.2, 0) is 0 Å². The molecule has 2 nitrogen and oxygen atoms in total. The van der Waals surface area contributed by atoms with E-state index in [2.05, 4.69) is 37.9 Å². The summed E-state index contributed by atoms with van der Waals surface area (Å²) in [4.78, 5) is 2.77. The number of likely N-dealkylation sites (tertiary alicyclic amines) is 1. The molecule has 0 aromatic rings. The van der Waals surface area contributed by atoms with Gasteiger partial charge in [0.15, 0.2) is 0 Å². The first-order chi connectivity index (χ1) is 8.58. The highest BCUT2D eigenvalue weighted by atomic mass is 15.2. The van der Waals surface area contributed by atoms with Gasteiger partial charge in [0, 0.05) is 18.6 Å². The summed E-state index contributed by atoms with van der Waals surface area (Å²) < 4.78 is 0. The normalized spacial score (nSPS) is 36.3. The third-order valence-electron chi connectivity index (χ3n) is 5.34. The van der Waals surface area contributed by atoms with E-state index in [0.29, 0.717) is 5.41 Å². The summed E-state index contributed by atoms with van der Waals surface area (Å²) in [6.07, 6.45) is 6.98. The molecule has 1 aliphatic heterocycles. The topological polar surface area (TPSA) is 15.3 Å². The van der Waals surface area contributed by atoms with Crippen LogP contribution < -0.4 is 5.32 Å². The van der Waals surface area contributed by atoms with Gasteiger partial charge in [-0.25, -0.2) is 0 Å². The summed E-state index contributed by atoms with van der Waals surface area (Å²) in [5.41, 5.74) is 0.488. The van der Waals surface area contributed by atoms with Gasteiger partial charge in [0.05, 0.1) is 0 Å². The van der Waals surface area contributed by atoms with E-state index in [9.17, 15) is 0 Å². The van der Waals surface area contributed by atoms with Crippen LogP contribution in [0.25, 0.3) is 0 Å². The van der Waals surface area contributed by atoms with Gasteiger partial charge in [0.1, 0.15) is 0 Å². The molecule has 106 valence electrons. The molecular weight excluding hydrogens is 220 g/mol. The van der Waals surface area contributed by atoms with Crippen molar-refractivity contribution in [2.45, 2.75) is 71.9 Å². The fraction of sp³-hybridized carbons (Fsp3) is 1.00. The van der Waals surface area contributed by atoms with Gasteiger partial charge in [0.25, 0.3) is 0 Å². The van der Waals surface area contributed by atoms with E-state index in [-0.39, 0.29) is 0 Å². The summed E-state index contributed by atoms with van der Waals surface area (Å²) in [6, 6.07) is 1.59. The van der Waals surface area contributed by atoms with Crippen molar-refractivity contribution in [3.05, 3.63) is 0 Å². The highest BCUT2D eigenvalue weighted by molar-refractivity contribution is 4.97. The zero-order valence-electron chi connectivity index (χ0n) is 12.8. The molecule has 3 unspecified atom stereocenters. The van der Waals surface area contributed by atoms with E-state index in [0.717, 1.165) is 24.5 Å². The molecule has 1 saturated carbocycles. The largest absolute Gasteiger partial charge is 0.313 e. The van der Waals surface area contributed by atoms with Gasteiger partial charge in [-0.2, -0.15) is 0 Å². The van der Waals surface area contributed by atoms with Gasteiger partial charge < -0.3 is 10.2 Å². The predicted molar refractivity (Wildman–Crippen MR) is 78.9 cm³/mol. The van der Waals surface area contributed by atoms with Crippen LogP contribution in [0.3, 0.4) is 0 Å². The number of hydrogen-bond acceptors (Lipinski definition) is 2. The van der Waals surface area contributed by atoms with Gasteiger partial charge in [-0.1, -0.05) is 27.7 Å². The highest BCUT2D eigenvalue weighted by Crippen LogP contribution is 2.42. The Morgan fingerprint density at radius 3 is 2.67 bits per heavy atom. The maximum atomic E-state index is 3.76. The first-order valence-corrected chi connectivity index (χ1v) is 8.06. The predicted octanol–water partition coefficient (Wildman–Crippen LogP) is 3.28. The van der Waals surface area contributed by atoms with E-state index < -0.39 is 0 Å². The summed E-state index contributed by atoms with van der Waals surface area (Å²) in [5, 5.41) is 3.76. The first kappa shape index (κ1) is 14.3. The maximum absolute atomic E-state index is 3.76. The standard InChI is InChI=1S/C16H32N2/c1-5-14-8-7-11-18(14)12-13-9-10-16(3,4)15(13)17-6-2/h13-15,17H,5-12H2,1-4H3. The van der Waals surface area contributed by atoms with Crippen molar-refractivity contribution in [1.82, 2.24) is 10.2 Å². The fourth-order valence-electron chi connectivity index (χ4n) is 4.28. The molecule has 0 aromatic carbocycles. The lowest BCUT2D eigenvalue weighted by atomic mass is 9.84. The lowest BCUT2D eigenvalue weighted by molar-refractivity contribution is 0.172. The monoisotopic (exact) mass is 252 g/mol. The Balaban J connectivity index is 1.95. The lowest BCUT2D eigenvalue weighted by Gasteiger charge is -2.34. The van der Waals surface area contributed by atoms with E-state index >= 15 is 0 Å². The molecule has 2 heteroatoms. The van der Waals surface area contributed by atoms with E-state index in [4.69, 9.17) is 0 Å². The Morgan fingerprint density at radius 1 is 1.22 bits per heavy atom. The van der Waals surface area contributed by atoms with E-state index in [1.165, 1.54) is 45.2 Å². The lowest BCUT2D eigenvalue weighted by Crippen LogP contribution is -2.46. The zero-order valence-corrected chi connectivity index (χ0v) is 12.8. The van der Waals surface area contributed by atoms with Gasteiger partial charge in [-0.05, 0) is 56.5 Å². The van der Waals surface area contributed by atoms with Crippen molar-refractivity contribution in [1.29, 1.82) is 0 Å². The molecule has 2 fully saturated rings. The molecule has 1 N–H and O–H groups in total. The van der Waals surface area contributed by atoms with Gasteiger partial charge >= 0.3 is 0 Å². The van der Waals surface area contributed by atoms with Crippen LogP contribution in [0.5, 0.6) is 0 Å². The molecule has 0 amide bonds. The van der Waals surface area contributed by atoms with Crippen LogP contribution in [-0.4, -0.2) is 36.6 Å². The molecule has 0 radical (unpaired) electrons. The van der Waals surface area contributed by atoms with Crippen LogP contribution in [0.1, 0.15) is 59.8 Å². The van der Waals surface area contributed by atoms with Crippen molar-refractivity contribution < 1.29 is 0 Å². The Morgan fingerprint density at radius 2 is 2.00 bits per heavy atom. The molecule has 1 saturated heterocycles. The second kappa shape index (κ2) is 5.92. The maximum Gasteiger partial charge on any atom is 0.0159 e. The molecule has 2 rings (SSSR count). The molecule has 0 spiro atoms. The number of nitrogens with one attached hydrogen (secondary N) is 1. The third-order valence-corrected chi connectivity index (χ3v) is 5.34. The molecule has 3 atom stereocenters. The molecule has 0 aromatic heterocycles. The minimum Gasteiger partial charge on any atom is -0.313 e. The fourth-order valence-corrected chi connectivity index (χ4v) is 4.28. The molecule has 1 heterocycles. The van der Waals surface area contributed by atoms with Gasteiger partial charge in [-0.15, -0.1) is 0 Å². The van der Waals surface area contributed by atoms with Crippen LogP contribution in [0, 0.1) is 11.3 Å². The summed E-state index contributed by atoms with van der Waals surface area (Å²) in [7, 11) is 0. The van der Waals surface area contributed by atoms with Crippen LogP contribution >= 0.6 is 0 Å². The summed E-state index contributed by atoms with van der Waals surface area (Å²) in [6.45, 7) is 13.3. The summed E-state index contributed by atoms with van der Waals surface area (Å²) >= 11 is 0. The Bertz CT molecular complexity index is 262. The molecular formula is C16H32N2. The Kier molecular flexibility index (Phi) is 4.71. The highest BCUT2D eigenvalue weighted by Gasteiger charge is 2.42. The number of hydrogen-bond donors (Lipinski definition) is 1. The van der Waals surface area contributed by atoms with Gasteiger partial charge in [-0.3, -0.25) is 0 Å². The van der Waals surface area contributed by atoms with Crippen molar-refractivity contribution >= 4 is 0 Å². The number of rotatable bonds is 5. The molecule has 0 bridgehead atoms. The SMILES string of the molecule is CCNC1C(CN2CCCC2CC)CCC1(C)C. The average Bonchev–Trinajstić information content (AvgIpc) is 2.88. The van der Waals surface area contributed by atoms with E-state index in [1.807, 2.05) is 0 Å². The Labute approximate surface area is 114 Å². The zero-order chi connectivity index (χ0) is 13.2. The summed E-state index contributed by atoms with van der Waals surface area (Å²) in [5.74, 6) is 0.868. The number of nitrogens with zero attached hydrogens (tertiary/aromatic N) is 1. The van der Waals surface area contributed by atoms with Crippen molar-refractivity contribution in [2.75, 3.05) is 19.6 Å². The molecule has 18 heavy (non-hydrogen) atoms. The van der Waals surface area contributed by atoms with E-state index in [1.54, 1.807) is 0 Å². The van der Waals surface area contributed by atoms with Crippen molar-refractivity contribution in [3.63, 3.8) is 0 Å². The second-order valence-corrected chi connectivity index (χ2v) is 7.02. The van der Waals surface area contributed by atoms with Crippen molar-refractivity contribution in [3.8, 4) is 0 Å². The minimum atomic E-state index is 0.488. The molecule has 2 aliphatic rings. The smallest absolute Gasteiger partial charge is 0.0159 e. The second-order valence-electron chi connectivity index (χ2n) is 7.02. The Hall–Kier alpha value is -0.0800. The van der Waals surface area contributed by atoms with Crippen LogP contribution in [0.2, 0.25) is 0 Å². The van der Waals surface area contributed by atoms with Crippen molar-refractivity contribution in [2.24, 2.45) is 11.3 Å². The minimum absolute atomic E-state index is 0.488. The first-order valence-electron chi connectivity index (χ1n) is 8.06. The average molecular weight is 252 g/mol. The van der Waals surface area contributed by atoms with Crippen LogP contribution in [0.15, 0.2) is 0 Å². The van der Waals surface area contributed by atoms with Gasteiger partial charge in [0.2, 0.25) is 0 Å². The molecule has 1 aliphatic carbocycles. The quantitative estimate of drug-likeness (QED) is 0.808. The third kappa shape index (κ3) is 2.91. The van der Waals surface area contributed by atoms with Crippen LogP contribution in [0.4, 0.5) is 0 Å².